The minimum atomic E-state index is -0.930. The third-order valence-electron chi connectivity index (χ3n) is 4.19. The summed E-state index contributed by atoms with van der Waals surface area (Å²) in [6.07, 6.45) is 1.41. The van der Waals surface area contributed by atoms with Crippen LogP contribution in [0.4, 0.5) is 0 Å². The van der Waals surface area contributed by atoms with Crippen molar-refractivity contribution in [3.63, 3.8) is 0 Å². The van der Waals surface area contributed by atoms with Crippen molar-refractivity contribution in [2.45, 2.75) is 32.2 Å². The molecule has 10 heteroatoms. The van der Waals surface area contributed by atoms with Gasteiger partial charge in [0.2, 0.25) is 12.3 Å². The maximum Gasteiger partial charge on any atom is 0.328 e. The summed E-state index contributed by atoms with van der Waals surface area (Å²) in [5.41, 5.74) is 0.322. The van der Waals surface area contributed by atoms with Crippen LogP contribution in [0.3, 0.4) is 0 Å². The lowest BCUT2D eigenvalue weighted by molar-refractivity contribution is -0.150. The van der Waals surface area contributed by atoms with Crippen LogP contribution in [0.1, 0.15) is 35.5 Å². The minimum Gasteiger partial charge on any atom is -0.507 e. The number of nitrogens with one attached hydrogen (secondary N) is 1. The van der Waals surface area contributed by atoms with E-state index in [2.05, 4.69) is 10.3 Å². The maximum atomic E-state index is 12.6. The molecule has 1 aromatic heterocycles. The molecule has 156 valence electrons. The first-order valence-electron chi connectivity index (χ1n) is 8.92. The molecule has 0 aliphatic rings. The third-order valence-corrected chi connectivity index (χ3v) is 4.19. The Bertz CT molecular complexity index is 865. The van der Waals surface area contributed by atoms with E-state index in [0.29, 0.717) is 23.5 Å². The van der Waals surface area contributed by atoms with Crippen LogP contribution < -0.4 is 5.32 Å². The van der Waals surface area contributed by atoms with Crippen molar-refractivity contribution in [3.8, 4) is 17.2 Å². The number of phenols is 1. The number of aromatic nitrogens is 1. The van der Waals surface area contributed by atoms with Crippen molar-refractivity contribution in [3.05, 3.63) is 35.7 Å². The largest absolute Gasteiger partial charge is 0.507 e. The van der Waals surface area contributed by atoms with E-state index in [1.54, 1.807) is 25.1 Å². The number of carbonyl (C=O) groups is 3. The van der Waals surface area contributed by atoms with Crippen LogP contribution in [0.5, 0.6) is 5.75 Å². The third kappa shape index (κ3) is 5.79. The number of hydroxylamine groups is 2. The predicted molar refractivity (Wildman–Crippen MR) is 100 cm³/mol. The Hall–Kier alpha value is -3.40. The molecule has 10 nitrogen and oxygen atoms in total. The number of ether oxygens (including phenoxy) is 1. The molecule has 0 aliphatic heterocycles. The van der Waals surface area contributed by atoms with Crippen LogP contribution in [0.25, 0.3) is 11.5 Å². The van der Waals surface area contributed by atoms with E-state index in [1.165, 1.54) is 13.2 Å². The molecule has 29 heavy (non-hydrogen) atoms. The van der Waals surface area contributed by atoms with E-state index in [1.807, 2.05) is 0 Å². The van der Waals surface area contributed by atoms with Gasteiger partial charge in [-0.2, -0.15) is 0 Å². The Kier molecular flexibility index (Phi) is 7.72. The maximum absolute atomic E-state index is 12.6. The van der Waals surface area contributed by atoms with Crippen LogP contribution in [0.2, 0.25) is 0 Å². The molecular formula is C19H23N3O7. The quantitative estimate of drug-likeness (QED) is 0.178. The fraction of sp³-hybridized carbons (Fsp3) is 0.368. The van der Waals surface area contributed by atoms with Crippen LogP contribution in [-0.4, -0.2) is 58.3 Å². The molecule has 0 spiro atoms. The van der Waals surface area contributed by atoms with Crippen molar-refractivity contribution >= 4 is 18.3 Å². The van der Waals surface area contributed by atoms with E-state index in [-0.39, 0.29) is 42.5 Å². The van der Waals surface area contributed by atoms with Gasteiger partial charge in [0.25, 0.3) is 5.91 Å². The topological polar surface area (TPSA) is 142 Å². The predicted octanol–water partition coefficient (Wildman–Crippen LogP) is 1.64. The van der Waals surface area contributed by atoms with Gasteiger partial charge in [-0.25, -0.2) is 14.8 Å². The molecule has 2 aromatic rings. The normalized spacial score (nSPS) is 11.6. The fourth-order valence-corrected chi connectivity index (χ4v) is 2.67. The summed E-state index contributed by atoms with van der Waals surface area (Å²) >= 11 is 0. The summed E-state index contributed by atoms with van der Waals surface area (Å²) in [4.78, 5) is 39.1. The second-order valence-corrected chi connectivity index (χ2v) is 6.25. The second kappa shape index (κ2) is 10.2. The average Bonchev–Trinajstić information content (AvgIpc) is 3.11. The van der Waals surface area contributed by atoms with Gasteiger partial charge in [-0.15, -0.1) is 0 Å². The van der Waals surface area contributed by atoms with E-state index in [0.717, 1.165) is 0 Å². The molecule has 0 fully saturated rings. The zero-order chi connectivity index (χ0) is 21.4. The molecule has 0 radical (unpaired) electrons. The first-order chi connectivity index (χ1) is 13.9. The summed E-state index contributed by atoms with van der Waals surface area (Å²) in [6.45, 7) is 1.66. The van der Waals surface area contributed by atoms with Crippen LogP contribution >= 0.6 is 0 Å². The lowest BCUT2D eigenvalue weighted by Gasteiger charge is -2.16. The van der Waals surface area contributed by atoms with E-state index in [4.69, 9.17) is 14.4 Å². The van der Waals surface area contributed by atoms with Gasteiger partial charge in [0, 0.05) is 6.54 Å². The number of unbranched alkanes of at least 4 members (excludes halogenated alkanes) is 1. The Morgan fingerprint density at radius 2 is 2.07 bits per heavy atom. The molecule has 1 aromatic carbocycles. The summed E-state index contributed by atoms with van der Waals surface area (Å²) in [7, 11) is 1.21. The minimum absolute atomic E-state index is 0.0142. The van der Waals surface area contributed by atoms with Crippen molar-refractivity contribution in [1.29, 1.82) is 0 Å². The van der Waals surface area contributed by atoms with Gasteiger partial charge in [-0.1, -0.05) is 12.1 Å². The second-order valence-electron chi connectivity index (χ2n) is 6.25. The Labute approximate surface area is 167 Å². The molecule has 2 amide bonds. The molecule has 0 saturated carbocycles. The number of methoxy groups -OCH3 is 1. The molecule has 0 aliphatic carbocycles. The van der Waals surface area contributed by atoms with Gasteiger partial charge >= 0.3 is 5.97 Å². The highest BCUT2D eigenvalue weighted by molar-refractivity contribution is 5.96. The Morgan fingerprint density at radius 1 is 1.34 bits per heavy atom. The number of aryl methyl sites for hydroxylation is 1. The van der Waals surface area contributed by atoms with Crippen molar-refractivity contribution < 1.29 is 33.9 Å². The number of amides is 2. The van der Waals surface area contributed by atoms with Gasteiger partial charge in [-0.05, 0) is 38.3 Å². The highest BCUT2D eigenvalue weighted by Crippen LogP contribution is 2.29. The summed E-state index contributed by atoms with van der Waals surface area (Å²) < 4.78 is 10.2. The molecule has 0 bridgehead atoms. The number of carbonyl (C=O) groups excluding carboxylic acids is 3. The summed E-state index contributed by atoms with van der Waals surface area (Å²) in [5.74, 6) is -0.985. The number of oxazole rings is 1. The molecule has 1 heterocycles. The first-order valence-corrected chi connectivity index (χ1v) is 8.92. The Balaban J connectivity index is 2.08. The first kappa shape index (κ1) is 21.9. The smallest absolute Gasteiger partial charge is 0.328 e. The van der Waals surface area contributed by atoms with E-state index < -0.39 is 17.9 Å². The zero-order valence-electron chi connectivity index (χ0n) is 16.1. The van der Waals surface area contributed by atoms with Gasteiger partial charge in [-0.3, -0.25) is 14.8 Å². The molecule has 0 unspecified atom stereocenters. The van der Waals surface area contributed by atoms with Crippen LogP contribution in [-0.2, 0) is 14.3 Å². The number of hydrogen-bond donors (Lipinski definition) is 3. The number of esters is 1. The summed E-state index contributed by atoms with van der Waals surface area (Å²) in [5, 5.41) is 22.1. The van der Waals surface area contributed by atoms with Crippen molar-refractivity contribution in [1.82, 2.24) is 15.4 Å². The molecule has 1 atom stereocenters. The number of aromatic hydroxyl groups is 1. The van der Waals surface area contributed by atoms with Crippen LogP contribution in [0, 0.1) is 6.92 Å². The number of rotatable bonds is 10. The highest BCUT2D eigenvalue weighted by atomic mass is 16.5. The van der Waals surface area contributed by atoms with Crippen LogP contribution in [0.15, 0.2) is 28.7 Å². The molecular weight excluding hydrogens is 382 g/mol. The van der Waals surface area contributed by atoms with Gasteiger partial charge in [0.05, 0.1) is 12.7 Å². The number of hydrogen-bond acceptors (Lipinski definition) is 8. The van der Waals surface area contributed by atoms with E-state index in [9.17, 15) is 19.5 Å². The molecule has 3 N–H and O–H groups in total. The van der Waals surface area contributed by atoms with Gasteiger partial charge < -0.3 is 19.6 Å². The average molecular weight is 405 g/mol. The molecule has 0 saturated heterocycles. The SMILES string of the molecule is COC(=O)[C@H](CCCCN(O)C=O)NC(=O)c1nc(-c2ccccc2O)oc1C. The summed E-state index contributed by atoms with van der Waals surface area (Å²) in [6, 6.07) is 5.48. The zero-order valence-corrected chi connectivity index (χ0v) is 16.1. The number of nitrogens with zero attached hydrogens (tertiary/aromatic N) is 2. The number of para-hydroxylation sites is 1. The number of phenolic OH excluding ortho intramolecular Hbond substituents is 1. The standard InChI is InChI=1S/C19H23N3O7/c1-12-16(21-18(29-12)13-7-3-4-9-15(13)24)17(25)20-14(19(26)28-2)8-5-6-10-22(27)11-23/h3-4,7,9,11,14,24,27H,5-6,8,10H2,1-2H3,(H,20,25)/t14-/m0/s1. The highest BCUT2D eigenvalue weighted by Gasteiger charge is 2.26. The lowest BCUT2D eigenvalue weighted by Crippen LogP contribution is -2.42. The Morgan fingerprint density at radius 3 is 2.72 bits per heavy atom. The van der Waals surface area contributed by atoms with Gasteiger partial charge in [0.15, 0.2) is 5.69 Å². The van der Waals surface area contributed by atoms with Gasteiger partial charge in [0.1, 0.15) is 17.6 Å². The fourth-order valence-electron chi connectivity index (χ4n) is 2.67. The van der Waals surface area contributed by atoms with Crippen molar-refractivity contribution in [2.75, 3.05) is 13.7 Å². The lowest BCUT2D eigenvalue weighted by atomic mass is 10.1. The van der Waals surface area contributed by atoms with E-state index >= 15 is 0 Å². The monoisotopic (exact) mass is 405 g/mol. The number of benzene rings is 1. The molecule has 2 rings (SSSR count). The van der Waals surface area contributed by atoms with Crippen molar-refractivity contribution in [2.24, 2.45) is 0 Å².